The van der Waals surface area contributed by atoms with E-state index in [1.807, 2.05) is 59.5 Å². The van der Waals surface area contributed by atoms with Gasteiger partial charge in [-0.15, -0.1) is 0 Å². The number of piperidine rings is 1. The molecular weight excluding hydrogens is 452 g/mol. The first kappa shape index (κ1) is 20.4. The number of fused-ring (bicyclic) bond motifs is 4. The maximum absolute atomic E-state index is 13.7. The van der Waals surface area contributed by atoms with Crippen molar-refractivity contribution < 1.29 is 19.7 Å². The van der Waals surface area contributed by atoms with Crippen molar-refractivity contribution in [2.75, 3.05) is 6.54 Å². The number of carbonyl (C=O) groups is 1. The van der Waals surface area contributed by atoms with Gasteiger partial charge in [-0.2, -0.15) is 0 Å². The maximum atomic E-state index is 13.7. The molecule has 8 rings (SSSR count). The number of amides is 1. The van der Waals surface area contributed by atoms with Crippen LogP contribution in [0.3, 0.4) is 0 Å². The normalized spacial score (nSPS) is 29.0. The van der Waals surface area contributed by atoms with Gasteiger partial charge < -0.3 is 24.8 Å². The highest BCUT2D eigenvalue weighted by Crippen LogP contribution is 2.68. The molecular formula is C30H26N2O4. The number of hydrogen-bond donors (Lipinski definition) is 3. The summed E-state index contributed by atoms with van der Waals surface area (Å²) >= 11 is 0. The van der Waals surface area contributed by atoms with E-state index in [1.54, 1.807) is 6.07 Å². The molecule has 1 aromatic heterocycles. The first-order valence-electron chi connectivity index (χ1n) is 12.7. The number of likely N-dealkylation sites (tertiary alicyclic amines) is 1. The van der Waals surface area contributed by atoms with Crippen LogP contribution >= 0.6 is 0 Å². The number of aromatic nitrogens is 1. The molecule has 4 aromatic rings. The van der Waals surface area contributed by atoms with E-state index < -0.39 is 17.1 Å². The number of hydrogen-bond acceptors (Lipinski definition) is 4. The molecule has 1 amide bonds. The van der Waals surface area contributed by atoms with E-state index in [1.165, 1.54) is 0 Å². The van der Waals surface area contributed by atoms with E-state index in [2.05, 4.69) is 11.1 Å². The van der Waals surface area contributed by atoms with Gasteiger partial charge in [0.05, 0.1) is 23.6 Å². The SMILES string of the molecule is O=C(Cc1ccccc1)N1CC[C@]23c4c5ccc(O)c4O[C@H]2c2[nH]c4ccccc4c2C[C@@]3(O)[C@H]1C5. The molecule has 2 aliphatic carbocycles. The molecule has 2 bridgehead atoms. The second-order valence-corrected chi connectivity index (χ2v) is 10.8. The summed E-state index contributed by atoms with van der Waals surface area (Å²) in [4.78, 5) is 19.2. The van der Waals surface area contributed by atoms with Crippen molar-refractivity contribution in [3.05, 3.63) is 94.7 Å². The lowest BCUT2D eigenvalue weighted by Gasteiger charge is -2.62. The molecule has 6 heteroatoms. The highest BCUT2D eigenvalue weighted by molar-refractivity contribution is 5.87. The highest BCUT2D eigenvalue weighted by atomic mass is 16.5. The summed E-state index contributed by atoms with van der Waals surface area (Å²) < 4.78 is 6.58. The Hall–Kier alpha value is -3.77. The zero-order valence-corrected chi connectivity index (χ0v) is 19.7. The van der Waals surface area contributed by atoms with Crippen LogP contribution in [0.5, 0.6) is 11.5 Å². The number of carbonyl (C=O) groups excluding carboxylic acids is 1. The first-order chi connectivity index (χ1) is 17.5. The van der Waals surface area contributed by atoms with Crippen molar-refractivity contribution in [3.8, 4) is 11.5 Å². The molecule has 6 nitrogen and oxygen atoms in total. The summed E-state index contributed by atoms with van der Waals surface area (Å²) in [5, 5.41) is 24.7. The maximum Gasteiger partial charge on any atom is 0.227 e. The molecule has 4 atom stereocenters. The van der Waals surface area contributed by atoms with E-state index in [9.17, 15) is 15.0 Å². The Morgan fingerprint density at radius 2 is 1.89 bits per heavy atom. The molecule has 0 unspecified atom stereocenters. The van der Waals surface area contributed by atoms with Crippen LogP contribution in [0.2, 0.25) is 0 Å². The predicted molar refractivity (Wildman–Crippen MR) is 134 cm³/mol. The summed E-state index contributed by atoms with van der Waals surface area (Å²) in [5.74, 6) is 0.639. The third kappa shape index (κ3) is 2.29. The minimum absolute atomic E-state index is 0.0390. The minimum Gasteiger partial charge on any atom is -0.504 e. The van der Waals surface area contributed by atoms with Gasteiger partial charge in [0.15, 0.2) is 17.6 Å². The number of phenols is 1. The molecule has 2 aliphatic heterocycles. The topological polar surface area (TPSA) is 85.8 Å². The van der Waals surface area contributed by atoms with Gasteiger partial charge in [-0.3, -0.25) is 4.79 Å². The summed E-state index contributed by atoms with van der Waals surface area (Å²) in [5.41, 5.74) is 4.06. The molecule has 36 heavy (non-hydrogen) atoms. The molecule has 4 aliphatic rings. The van der Waals surface area contributed by atoms with Gasteiger partial charge in [-0.25, -0.2) is 0 Å². The van der Waals surface area contributed by atoms with Crippen LogP contribution in [0.25, 0.3) is 10.9 Å². The van der Waals surface area contributed by atoms with Crippen LogP contribution < -0.4 is 4.74 Å². The van der Waals surface area contributed by atoms with Gasteiger partial charge in [0, 0.05) is 29.4 Å². The molecule has 3 aromatic carbocycles. The predicted octanol–water partition coefficient (Wildman–Crippen LogP) is 3.93. The number of nitrogens with zero attached hydrogens (tertiary/aromatic N) is 1. The third-order valence-electron chi connectivity index (χ3n) is 9.29. The van der Waals surface area contributed by atoms with Gasteiger partial charge in [-0.05, 0) is 41.7 Å². The molecule has 3 heterocycles. The Bertz CT molecular complexity index is 1580. The Labute approximate surface area is 208 Å². The standard InChI is InChI=1S/C30H26N2O4/c33-22-11-10-18-15-23-30(35)16-20-19-8-4-5-9-21(19)31-26(20)28-29(30,25(18)27(22)36-28)12-13-32(23)24(34)14-17-6-2-1-3-7-17/h1-11,23,28,31,33,35H,12-16H2/t23-,28+,29+,30-/m1/s1. The van der Waals surface area contributed by atoms with Crippen molar-refractivity contribution in [1.82, 2.24) is 9.88 Å². The van der Waals surface area contributed by atoms with E-state index in [4.69, 9.17) is 4.74 Å². The number of phenolic OH excluding ortho intramolecular Hbond substituents is 1. The van der Waals surface area contributed by atoms with Crippen molar-refractivity contribution in [2.45, 2.75) is 48.8 Å². The lowest BCUT2D eigenvalue weighted by atomic mass is 9.49. The molecule has 1 fully saturated rings. The Morgan fingerprint density at radius 3 is 2.75 bits per heavy atom. The minimum atomic E-state index is -1.22. The van der Waals surface area contributed by atoms with E-state index in [0.717, 1.165) is 38.9 Å². The van der Waals surface area contributed by atoms with E-state index >= 15 is 0 Å². The van der Waals surface area contributed by atoms with Crippen LogP contribution in [0.4, 0.5) is 0 Å². The molecule has 0 saturated carbocycles. The monoisotopic (exact) mass is 478 g/mol. The molecule has 180 valence electrons. The summed E-state index contributed by atoms with van der Waals surface area (Å²) in [6.07, 6.45) is 1.40. The van der Waals surface area contributed by atoms with Gasteiger partial charge >= 0.3 is 0 Å². The van der Waals surface area contributed by atoms with Crippen LogP contribution in [0, 0.1) is 0 Å². The van der Waals surface area contributed by atoms with E-state index in [0.29, 0.717) is 38.0 Å². The number of H-pyrrole nitrogens is 1. The quantitative estimate of drug-likeness (QED) is 0.408. The number of aromatic amines is 1. The number of aliphatic hydroxyl groups is 1. The fourth-order valence-corrected chi connectivity index (χ4v) is 7.81. The zero-order valence-electron chi connectivity index (χ0n) is 19.7. The second kappa shape index (κ2) is 6.71. The van der Waals surface area contributed by atoms with Gasteiger partial charge in [0.2, 0.25) is 5.91 Å². The summed E-state index contributed by atoms with van der Waals surface area (Å²) in [6, 6.07) is 21.2. The average molecular weight is 479 g/mol. The Morgan fingerprint density at radius 1 is 1.08 bits per heavy atom. The average Bonchev–Trinajstić information content (AvgIpc) is 3.41. The molecule has 1 saturated heterocycles. The molecule has 3 N–H and O–H groups in total. The van der Waals surface area contributed by atoms with Crippen molar-refractivity contribution >= 4 is 16.8 Å². The third-order valence-corrected chi connectivity index (χ3v) is 9.29. The van der Waals surface area contributed by atoms with Gasteiger partial charge in [0.1, 0.15) is 5.60 Å². The smallest absolute Gasteiger partial charge is 0.227 e. The van der Waals surface area contributed by atoms with Gasteiger partial charge in [-0.1, -0.05) is 54.6 Å². The molecule has 1 spiro atoms. The highest BCUT2D eigenvalue weighted by Gasteiger charge is 2.73. The Kier molecular flexibility index (Phi) is 3.81. The van der Waals surface area contributed by atoms with Crippen LogP contribution in [-0.4, -0.2) is 44.2 Å². The lowest BCUT2D eigenvalue weighted by Crippen LogP contribution is -2.75. The van der Waals surface area contributed by atoms with Crippen LogP contribution in [0.15, 0.2) is 66.7 Å². The van der Waals surface area contributed by atoms with Crippen LogP contribution in [-0.2, 0) is 29.5 Å². The fraction of sp³-hybridized carbons (Fsp3) is 0.300. The number of para-hydroxylation sites is 1. The summed E-state index contributed by atoms with van der Waals surface area (Å²) in [6.45, 7) is 0.544. The molecule has 0 radical (unpaired) electrons. The van der Waals surface area contributed by atoms with Crippen molar-refractivity contribution in [3.63, 3.8) is 0 Å². The number of ether oxygens (including phenoxy) is 1. The first-order valence-corrected chi connectivity index (χ1v) is 12.7. The second-order valence-electron chi connectivity index (χ2n) is 10.8. The number of nitrogens with one attached hydrogen (secondary N) is 1. The van der Waals surface area contributed by atoms with Crippen molar-refractivity contribution in [2.24, 2.45) is 0 Å². The van der Waals surface area contributed by atoms with Crippen molar-refractivity contribution in [1.29, 1.82) is 0 Å². The largest absolute Gasteiger partial charge is 0.504 e. The van der Waals surface area contributed by atoms with E-state index in [-0.39, 0.29) is 17.7 Å². The number of aromatic hydroxyl groups is 1. The number of rotatable bonds is 2. The number of benzene rings is 3. The van der Waals surface area contributed by atoms with Crippen LogP contribution in [0.1, 0.15) is 40.5 Å². The fourth-order valence-electron chi connectivity index (χ4n) is 7.81. The summed E-state index contributed by atoms with van der Waals surface area (Å²) in [7, 11) is 0. The zero-order chi connectivity index (χ0) is 24.2. The Balaban J connectivity index is 1.33. The lowest BCUT2D eigenvalue weighted by molar-refractivity contribution is -0.182. The van der Waals surface area contributed by atoms with Gasteiger partial charge in [0.25, 0.3) is 0 Å².